The number of benzene rings is 1. The van der Waals surface area contributed by atoms with Crippen molar-refractivity contribution in [1.29, 1.82) is 0 Å². The highest BCUT2D eigenvalue weighted by Gasteiger charge is 2.39. The number of hydrogen-bond acceptors (Lipinski definition) is 4. The van der Waals surface area contributed by atoms with E-state index in [9.17, 15) is 14.4 Å². The molecule has 0 unspecified atom stereocenters. The van der Waals surface area contributed by atoms with E-state index in [-0.39, 0.29) is 29.7 Å². The fraction of sp³-hybridized carbons (Fsp3) is 0.667. The van der Waals surface area contributed by atoms with Crippen LogP contribution in [0.1, 0.15) is 64.9 Å². The molecule has 0 spiro atoms. The van der Waals surface area contributed by atoms with Crippen LogP contribution < -0.4 is 10.6 Å². The highest BCUT2D eigenvalue weighted by atomic mass is 35.5. The zero-order valence-corrected chi connectivity index (χ0v) is 22.2. The molecular formula is C27H41ClN4O3. The van der Waals surface area contributed by atoms with Crippen molar-refractivity contribution in [3.63, 3.8) is 0 Å². The van der Waals surface area contributed by atoms with Crippen LogP contribution in [-0.2, 0) is 20.8 Å². The van der Waals surface area contributed by atoms with Crippen LogP contribution in [-0.4, -0.2) is 71.8 Å². The van der Waals surface area contributed by atoms with Gasteiger partial charge in [0.25, 0.3) is 0 Å². The molecule has 3 amide bonds. The van der Waals surface area contributed by atoms with E-state index >= 15 is 0 Å². The van der Waals surface area contributed by atoms with Gasteiger partial charge >= 0.3 is 0 Å². The lowest BCUT2D eigenvalue weighted by molar-refractivity contribution is -0.141. The maximum atomic E-state index is 13.6. The fourth-order valence-corrected chi connectivity index (χ4v) is 5.42. The molecule has 3 rings (SSSR count). The van der Waals surface area contributed by atoms with Crippen LogP contribution in [0.2, 0.25) is 5.02 Å². The summed E-state index contributed by atoms with van der Waals surface area (Å²) in [6.07, 6.45) is 7.06. The minimum absolute atomic E-state index is 0.0465. The van der Waals surface area contributed by atoms with E-state index in [0.717, 1.165) is 24.8 Å². The summed E-state index contributed by atoms with van der Waals surface area (Å²) >= 11 is 6.04. The van der Waals surface area contributed by atoms with Gasteiger partial charge in [0.15, 0.2) is 0 Å². The van der Waals surface area contributed by atoms with E-state index in [4.69, 9.17) is 11.6 Å². The second kappa shape index (κ2) is 13.3. The van der Waals surface area contributed by atoms with E-state index in [1.165, 1.54) is 26.2 Å². The van der Waals surface area contributed by atoms with Gasteiger partial charge in [0.1, 0.15) is 0 Å². The summed E-state index contributed by atoms with van der Waals surface area (Å²) in [5, 5.41) is 6.78. The Hall–Kier alpha value is -2.12. The predicted molar refractivity (Wildman–Crippen MR) is 139 cm³/mol. The molecule has 1 aromatic rings. The molecule has 2 aliphatic rings. The molecule has 35 heavy (non-hydrogen) atoms. The number of hydrogen-bond donors (Lipinski definition) is 2. The molecule has 194 valence electrons. The molecular weight excluding hydrogens is 464 g/mol. The highest BCUT2D eigenvalue weighted by molar-refractivity contribution is 6.30. The smallest absolute Gasteiger partial charge is 0.240 e. The lowest BCUT2D eigenvalue weighted by Crippen LogP contribution is -2.52. The van der Waals surface area contributed by atoms with Gasteiger partial charge in [0.2, 0.25) is 17.7 Å². The zero-order chi connectivity index (χ0) is 25.4. The molecule has 1 aliphatic carbocycles. The average molecular weight is 505 g/mol. The standard InChI is InChI=1S/C27H41ClN4O3/c1-19(2)26(34)32(23-7-5-4-6-8-23)24-13-16-31(18-24)27(35)25(30-15-14-29-20(3)33)17-21-9-11-22(28)12-10-21/h9-12,19,23-25,30H,4-8,13-18H2,1-3H3,(H,29,33)/t24-,25+/m0/s1. The predicted octanol–water partition coefficient (Wildman–Crippen LogP) is 3.40. The first kappa shape index (κ1) is 27.5. The van der Waals surface area contributed by atoms with Crippen LogP contribution in [0.5, 0.6) is 0 Å². The molecule has 7 nitrogen and oxygen atoms in total. The van der Waals surface area contributed by atoms with Crippen molar-refractivity contribution in [2.75, 3.05) is 26.2 Å². The maximum Gasteiger partial charge on any atom is 0.240 e. The topological polar surface area (TPSA) is 81.8 Å². The van der Waals surface area contributed by atoms with Crippen LogP contribution in [0.4, 0.5) is 0 Å². The summed E-state index contributed by atoms with van der Waals surface area (Å²) in [4.78, 5) is 42.1. The molecule has 8 heteroatoms. The Labute approximate surface area is 214 Å². The summed E-state index contributed by atoms with van der Waals surface area (Å²) in [7, 11) is 0. The lowest BCUT2D eigenvalue weighted by Gasteiger charge is -2.39. The number of carbonyl (C=O) groups excluding carboxylic acids is 3. The molecule has 0 bridgehead atoms. The number of amides is 3. The van der Waals surface area contributed by atoms with E-state index in [2.05, 4.69) is 15.5 Å². The Bertz CT molecular complexity index is 854. The summed E-state index contributed by atoms with van der Waals surface area (Å²) < 4.78 is 0. The largest absolute Gasteiger partial charge is 0.355 e. The number of likely N-dealkylation sites (tertiary alicyclic amines) is 1. The van der Waals surface area contributed by atoms with Gasteiger partial charge < -0.3 is 20.4 Å². The quantitative estimate of drug-likeness (QED) is 0.478. The molecule has 0 radical (unpaired) electrons. The van der Waals surface area contributed by atoms with Crippen LogP contribution in [0, 0.1) is 5.92 Å². The average Bonchev–Trinajstić information content (AvgIpc) is 3.32. The Morgan fingerprint density at radius 3 is 2.34 bits per heavy atom. The van der Waals surface area contributed by atoms with Gasteiger partial charge in [-0.05, 0) is 43.4 Å². The molecule has 0 aromatic heterocycles. The first-order chi connectivity index (χ1) is 16.8. The zero-order valence-electron chi connectivity index (χ0n) is 21.4. The lowest BCUT2D eigenvalue weighted by atomic mass is 9.92. The third-order valence-electron chi connectivity index (χ3n) is 7.13. The number of nitrogens with zero attached hydrogens (tertiary/aromatic N) is 2. The van der Waals surface area contributed by atoms with Crippen LogP contribution in [0.3, 0.4) is 0 Å². The maximum absolute atomic E-state index is 13.6. The molecule has 1 aliphatic heterocycles. The number of carbonyl (C=O) groups is 3. The van der Waals surface area contributed by atoms with Crippen molar-refractivity contribution in [3.05, 3.63) is 34.9 Å². The van der Waals surface area contributed by atoms with Gasteiger partial charge in [0, 0.05) is 50.1 Å². The Morgan fingerprint density at radius 2 is 1.71 bits per heavy atom. The van der Waals surface area contributed by atoms with Gasteiger partial charge in [-0.15, -0.1) is 0 Å². The van der Waals surface area contributed by atoms with E-state index in [0.29, 0.717) is 43.7 Å². The van der Waals surface area contributed by atoms with E-state index < -0.39 is 6.04 Å². The molecule has 1 saturated heterocycles. The fourth-order valence-electron chi connectivity index (χ4n) is 5.29. The van der Waals surface area contributed by atoms with Crippen molar-refractivity contribution >= 4 is 29.3 Å². The second-order valence-electron chi connectivity index (χ2n) is 10.2. The molecule has 1 heterocycles. The Balaban J connectivity index is 1.69. The summed E-state index contributed by atoms with van der Waals surface area (Å²) in [5.41, 5.74) is 1.02. The Kier molecular flexibility index (Phi) is 10.4. The summed E-state index contributed by atoms with van der Waals surface area (Å²) in [6, 6.07) is 7.51. The second-order valence-corrected chi connectivity index (χ2v) is 10.7. The first-order valence-corrected chi connectivity index (χ1v) is 13.5. The minimum Gasteiger partial charge on any atom is -0.355 e. The van der Waals surface area contributed by atoms with Gasteiger partial charge in [-0.2, -0.15) is 0 Å². The molecule has 2 atom stereocenters. The van der Waals surface area contributed by atoms with Gasteiger partial charge in [0.05, 0.1) is 12.1 Å². The van der Waals surface area contributed by atoms with Crippen molar-refractivity contribution in [1.82, 2.24) is 20.4 Å². The molecule has 2 fully saturated rings. The number of nitrogens with one attached hydrogen (secondary N) is 2. The highest BCUT2D eigenvalue weighted by Crippen LogP contribution is 2.29. The summed E-state index contributed by atoms with van der Waals surface area (Å²) in [5.74, 6) is 0.121. The third-order valence-corrected chi connectivity index (χ3v) is 7.38. The SMILES string of the molecule is CC(=O)NCCN[C@H](Cc1ccc(Cl)cc1)C(=O)N1CC[C@H](N(C(=O)C(C)C)C2CCCCC2)C1. The van der Waals surface area contributed by atoms with Crippen molar-refractivity contribution in [2.24, 2.45) is 5.92 Å². The minimum atomic E-state index is -0.410. The van der Waals surface area contributed by atoms with Crippen LogP contribution in [0.15, 0.2) is 24.3 Å². The Morgan fingerprint density at radius 1 is 1.03 bits per heavy atom. The van der Waals surface area contributed by atoms with Crippen molar-refractivity contribution in [2.45, 2.75) is 83.8 Å². The molecule has 2 N–H and O–H groups in total. The van der Waals surface area contributed by atoms with Gasteiger partial charge in [-0.25, -0.2) is 0 Å². The van der Waals surface area contributed by atoms with E-state index in [1.807, 2.05) is 43.0 Å². The van der Waals surface area contributed by atoms with Crippen LogP contribution in [0.25, 0.3) is 0 Å². The van der Waals surface area contributed by atoms with Gasteiger partial charge in [-0.3, -0.25) is 14.4 Å². The first-order valence-electron chi connectivity index (χ1n) is 13.1. The van der Waals surface area contributed by atoms with Crippen molar-refractivity contribution in [3.8, 4) is 0 Å². The third kappa shape index (κ3) is 7.94. The summed E-state index contributed by atoms with van der Waals surface area (Å²) in [6.45, 7) is 7.62. The monoisotopic (exact) mass is 504 g/mol. The molecule has 1 saturated carbocycles. The van der Waals surface area contributed by atoms with E-state index in [1.54, 1.807) is 0 Å². The molecule has 1 aromatic carbocycles. The van der Waals surface area contributed by atoms with Gasteiger partial charge in [-0.1, -0.05) is 56.8 Å². The van der Waals surface area contributed by atoms with Crippen molar-refractivity contribution < 1.29 is 14.4 Å². The number of rotatable bonds is 10. The number of halogens is 1. The normalized spacial score (nSPS) is 19.6. The van der Waals surface area contributed by atoms with Crippen LogP contribution >= 0.6 is 11.6 Å².